The molecule has 0 aliphatic carbocycles. The lowest BCUT2D eigenvalue weighted by atomic mass is 10.0. The lowest BCUT2D eigenvalue weighted by molar-refractivity contribution is -0.118. The first-order valence-electron chi connectivity index (χ1n) is 8.16. The lowest BCUT2D eigenvalue weighted by Crippen LogP contribution is -2.47. The summed E-state index contributed by atoms with van der Waals surface area (Å²) in [6.07, 6.45) is -2.21. The zero-order valence-electron chi connectivity index (χ0n) is 15.7. The highest BCUT2D eigenvalue weighted by atomic mass is 32.1. The quantitative estimate of drug-likeness (QED) is 0.266. The third-order valence-electron chi connectivity index (χ3n) is 3.38. The molecule has 0 bridgehead atoms. The number of aromatic nitrogens is 2. The van der Waals surface area contributed by atoms with Crippen molar-refractivity contribution in [3.05, 3.63) is 38.6 Å². The topological polar surface area (TPSA) is 96.1 Å². The number of hydrogen-bond acceptors (Lipinski definition) is 6. The van der Waals surface area contributed by atoms with Gasteiger partial charge in [0, 0.05) is 12.0 Å². The van der Waals surface area contributed by atoms with Crippen LogP contribution in [-0.4, -0.2) is 33.8 Å². The van der Waals surface area contributed by atoms with Gasteiger partial charge in [-0.05, 0) is 33.0 Å². The van der Waals surface area contributed by atoms with Crippen LogP contribution in [-0.2, 0) is 16.0 Å². The van der Waals surface area contributed by atoms with E-state index in [-0.39, 0.29) is 9.09 Å². The molecule has 3 N–H and O–H groups in total. The van der Waals surface area contributed by atoms with E-state index < -0.39 is 64.7 Å². The number of amides is 2. The Morgan fingerprint density at radius 1 is 1.10 bits per heavy atom. The first kappa shape index (κ1) is 23.7. The number of halogens is 5. The molecular weight excluding hydrogens is 455 g/mol. The number of hydrogen-bond donors (Lipinski definition) is 3. The number of carbonyl (C=O) groups is 2. The molecule has 1 unspecified atom stereocenters. The van der Waals surface area contributed by atoms with Crippen LogP contribution in [0.1, 0.15) is 26.3 Å². The van der Waals surface area contributed by atoms with Crippen LogP contribution in [0.4, 0.5) is 31.9 Å². The minimum Gasteiger partial charge on any atom is -0.444 e. The number of benzene rings is 1. The predicted molar refractivity (Wildman–Crippen MR) is 99.0 cm³/mol. The van der Waals surface area contributed by atoms with Crippen LogP contribution in [0.5, 0.6) is 0 Å². The van der Waals surface area contributed by atoms with Crippen LogP contribution in [0.3, 0.4) is 0 Å². The summed E-state index contributed by atoms with van der Waals surface area (Å²) >= 11 is 5.64. The Balaban J connectivity index is 2.37. The molecule has 0 spiro atoms. The fraction of sp³-hybridized carbons (Fsp3) is 0.375. The summed E-state index contributed by atoms with van der Waals surface area (Å²) in [7, 11) is 0. The van der Waals surface area contributed by atoms with Gasteiger partial charge in [0.1, 0.15) is 11.6 Å². The Labute approximate surface area is 175 Å². The summed E-state index contributed by atoms with van der Waals surface area (Å²) in [6, 6.07) is -1.77. The molecule has 2 rings (SSSR count). The van der Waals surface area contributed by atoms with Gasteiger partial charge in [-0.3, -0.25) is 15.2 Å². The van der Waals surface area contributed by atoms with Crippen LogP contribution in [0.2, 0.25) is 0 Å². The van der Waals surface area contributed by atoms with Crippen LogP contribution in [0.25, 0.3) is 0 Å². The number of alkyl carbamates (subject to hydrolysis) is 1. The van der Waals surface area contributed by atoms with E-state index in [1.807, 2.05) is 0 Å². The molecule has 1 atom stereocenters. The monoisotopic (exact) mass is 470 g/mol. The standard InChI is InChI=1S/C16H15F5N4O3S2/c1-16(2,3)28-14(27)22-6(12(26)23-13-24-25-15(29)30-13)4-5-7(17)9(19)11(21)10(20)8(5)18/h6H,4H2,1-3H3,(H,22,27)(H,25,29)(H,23,24,26). The molecular formula is C16H15F5N4O3S2. The van der Waals surface area contributed by atoms with Gasteiger partial charge in [0.15, 0.2) is 27.2 Å². The van der Waals surface area contributed by atoms with Crippen molar-refractivity contribution in [2.75, 3.05) is 5.32 Å². The molecule has 0 saturated heterocycles. The Hall–Kier alpha value is -2.61. The Bertz CT molecular complexity index is 1010. The van der Waals surface area contributed by atoms with E-state index in [1.54, 1.807) is 0 Å². The molecule has 0 radical (unpaired) electrons. The summed E-state index contributed by atoms with van der Waals surface area (Å²) in [6.45, 7) is 4.55. The van der Waals surface area contributed by atoms with Gasteiger partial charge in [-0.25, -0.2) is 26.7 Å². The van der Waals surface area contributed by atoms with Crippen LogP contribution >= 0.6 is 23.6 Å². The first-order valence-corrected chi connectivity index (χ1v) is 9.38. The number of ether oxygens (including phenoxy) is 1. The molecule has 0 saturated carbocycles. The van der Waals surface area contributed by atoms with E-state index >= 15 is 0 Å². The number of nitrogens with zero attached hydrogens (tertiary/aromatic N) is 1. The Kier molecular flexibility index (Phi) is 7.13. The molecule has 2 aromatic rings. The highest BCUT2D eigenvalue weighted by Gasteiger charge is 2.31. The van der Waals surface area contributed by atoms with Crippen LogP contribution in [0, 0.1) is 33.0 Å². The third-order valence-corrected chi connectivity index (χ3v) is 4.39. The zero-order valence-corrected chi connectivity index (χ0v) is 17.3. The van der Waals surface area contributed by atoms with Crippen LogP contribution in [0.15, 0.2) is 0 Å². The van der Waals surface area contributed by atoms with Gasteiger partial charge >= 0.3 is 6.09 Å². The van der Waals surface area contributed by atoms with Crippen molar-refractivity contribution in [3.63, 3.8) is 0 Å². The first-order chi connectivity index (χ1) is 13.8. The molecule has 2 amide bonds. The van der Waals surface area contributed by atoms with Gasteiger partial charge in [0.2, 0.25) is 16.9 Å². The van der Waals surface area contributed by atoms with E-state index in [0.29, 0.717) is 0 Å². The SMILES string of the molecule is CC(C)(C)OC(=O)NC(Cc1c(F)c(F)c(F)c(F)c1F)C(=O)Nc1n[nH]c(=S)s1. The van der Waals surface area contributed by atoms with Gasteiger partial charge < -0.3 is 10.1 Å². The largest absolute Gasteiger partial charge is 0.444 e. The van der Waals surface area contributed by atoms with Crippen molar-refractivity contribution < 1.29 is 36.3 Å². The van der Waals surface area contributed by atoms with Crippen molar-refractivity contribution in [2.45, 2.75) is 38.8 Å². The van der Waals surface area contributed by atoms with Crippen molar-refractivity contribution in [1.82, 2.24) is 15.5 Å². The molecule has 1 heterocycles. The fourth-order valence-corrected chi connectivity index (χ4v) is 2.96. The minimum absolute atomic E-state index is 0.0431. The summed E-state index contributed by atoms with van der Waals surface area (Å²) < 4.78 is 73.5. The predicted octanol–water partition coefficient (Wildman–Crippen LogP) is 3.97. The van der Waals surface area contributed by atoms with Gasteiger partial charge in [-0.15, -0.1) is 5.10 Å². The molecule has 0 aliphatic heterocycles. The zero-order chi connectivity index (χ0) is 22.8. The molecule has 30 heavy (non-hydrogen) atoms. The lowest BCUT2D eigenvalue weighted by Gasteiger charge is -2.23. The maximum absolute atomic E-state index is 14.0. The van der Waals surface area contributed by atoms with E-state index in [4.69, 9.17) is 17.0 Å². The Morgan fingerprint density at radius 2 is 1.63 bits per heavy atom. The summed E-state index contributed by atoms with van der Waals surface area (Å²) in [4.78, 5) is 24.6. The van der Waals surface area contributed by atoms with E-state index in [0.717, 1.165) is 11.3 Å². The minimum atomic E-state index is -2.34. The van der Waals surface area contributed by atoms with Gasteiger partial charge in [0.05, 0.1) is 0 Å². The molecule has 1 aromatic carbocycles. The average Bonchev–Trinajstić information content (AvgIpc) is 3.04. The molecule has 0 fully saturated rings. The maximum atomic E-state index is 14.0. The normalized spacial score (nSPS) is 12.4. The number of H-pyrrole nitrogens is 1. The molecule has 7 nitrogen and oxygen atoms in total. The van der Waals surface area contributed by atoms with Crippen molar-refractivity contribution in [1.29, 1.82) is 0 Å². The molecule has 0 aliphatic rings. The van der Waals surface area contributed by atoms with Gasteiger partial charge in [-0.2, -0.15) is 0 Å². The Morgan fingerprint density at radius 3 is 2.10 bits per heavy atom. The highest BCUT2D eigenvalue weighted by molar-refractivity contribution is 7.73. The molecule has 1 aromatic heterocycles. The van der Waals surface area contributed by atoms with Crippen LogP contribution < -0.4 is 10.6 Å². The molecule has 14 heteroatoms. The second-order valence-electron chi connectivity index (χ2n) is 6.86. The van der Waals surface area contributed by atoms with Gasteiger partial charge in [-0.1, -0.05) is 11.3 Å². The van der Waals surface area contributed by atoms with E-state index in [2.05, 4.69) is 20.8 Å². The summed E-state index contributed by atoms with van der Waals surface area (Å²) in [5, 5.41) is 10.3. The maximum Gasteiger partial charge on any atom is 0.408 e. The van der Waals surface area contributed by atoms with Crippen molar-refractivity contribution in [3.8, 4) is 0 Å². The fourth-order valence-electron chi connectivity index (χ4n) is 2.17. The third kappa shape index (κ3) is 5.72. The average molecular weight is 470 g/mol. The second-order valence-corrected chi connectivity index (χ2v) is 8.52. The summed E-state index contributed by atoms with van der Waals surface area (Å²) in [5.74, 6) is -12.0. The number of rotatable bonds is 5. The number of anilines is 1. The molecule has 164 valence electrons. The van der Waals surface area contributed by atoms with Crippen molar-refractivity contribution in [2.24, 2.45) is 0 Å². The smallest absolute Gasteiger partial charge is 0.408 e. The number of aromatic amines is 1. The highest BCUT2D eigenvalue weighted by Crippen LogP contribution is 2.24. The number of nitrogens with one attached hydrogen (secondary N) is 3. The second kappa shape index (κ2) is 9.04. The van der Waals surface area contributed by atoms with E-state index in [1.165, 1.54) is 20.8 Å². The summed E-state index contributed by atoms with van der Waals surface area (Å²) in [5.41, 5.74) is -2.27. The van der Waals surface area contributed by atoms with E-state index in [9.17, 15) is 31.5 Å². The van der Waals surface area contributed by atoms with Crippen molar-refractivity contribution >= 4 is 40.7 Å². The number of carbonyl (C=O) groups excluding carboxylic acids is 2. The van der Waals surface area contributed by atoms with Gasteiger partial charge in [0.25, 0.3) is 0 Å².